The standard InChI is InChI=1S/C13H21N3O2S/c1-4-10-6-7-19-11(10)8-15-9(3)12(17)16-13(18)14-5-2/h6-7,9,15H,4-5,8H2,1-3H3,(H2,14,16,17,18). The number of nitrogens with one attached hydrogen (secondary N) is 3. The van der Waals surface area contributed by atoms with Gasteiger partial charge < -0.3 is 10.6 Å². The van der Waals surface area contributed by atoms with E-state index in [1.807, 2.05) is 0 Å². The summed E-state index contributed by atoms with van der Waals surface area (Å²) in [5.74, 6) is -0.319. The van der Waals surface area contributed by atoms with Crippen molar-refractivity contribution >= 4 is 23.3 Å². The molecule has 0 radical (unpaired) electrons. The highest BCUT2D eigenvalue weighted by Gasteiger charge is 2.15. The Labute approximate surface area is 117 Å². The topological polar surface area (TPSA) is 70.2 Å². The van der Waals surface area contributed by atoms with E-state index in [1.54, 1.807) is 25.2 Å². The largest absolute Gasteiger partial charge is 0.338 e. The van der Waals surface area contributed by atoms with Crippen LogP contribution in [0.4, 0.5) is 4.79 Å². The van der Waals surface area contributed by atoms with Crippen LogP contribution in [-0.2, 0) is 17.8 Å². The van der Waals surface area contributed by atoms with Crippen molar-refractivity contribution in [2.45, 2.75) is 39.8 Å². The molecule has 0 aliphatic heterocycles. The van der Waals surface area contributed by atoms with E-state index in [-0.39, 0.29) is 5.91 Å². The molecule has 106 valence electrons. The zero-order chi connectivity index (χ0) is 14.3. The summed E-state index contributed by atoms with van der Waals surface area (Å²) < 4.78 is 0. The molecule has 1 aromatic rings. The first kappa shape index (κ1) is 15.7. The van der Waals surface area contributed by atoms with E-state index in [0.717, 1.165) is 6.42 Å². The van der Waals surface area contributed by atoms with E-state index in [9.17, 15) is 9.59 Å². The number of carbonyl (C=O) groups excluding carboxylic acids is 2. The van der Waals surface area contributed by atoms with Gasteiger partial charge in [0.15, 0.2) is 0 Å². The molecule has 0 saturated carbocycles. The van der Waals surface area contributed by atoms with Crippen LogP contribution in [0, 0.1) is 0 Å². The lowest BCUT2D eigenvalue weighted by molar-refractivity contribution is -0.121. The minimum absolute atomic E-state index is 0.319. The molecule has 1 aromatic heterocycles. The second kappa shape index (κ2) is 7.91. The van der Waals surface area contributed by atoms with Gasteiger partial charge in [-0.2, -0.15) is 0 Å². The fourth-order valence-corrected chi connectivity index (χ4v) is 2.53. The zero-order valence-corrected chi connectivity index (χ0v) is 12.4. The molecule has 3 amide bonds. The minimum Gasteiger partial charge on any atom is -0.338 e. The van der Waals surface area contributed by atoms with E-state index >= 15 is 0 Å². The van der Waals surface area contributed by atoms with Crippen LogP contribution in [0.5, 0.6) is 0 Å². The molecule has 1 heterocycles. The second-order valence-corrected chi connectivity index (χ2v) is 5.17. The molecule has 1 rings (SSSR count). The highest BCUT2D eigenvalue weighted by Crippen LogP contribution is 2.16. The number of rotatable bonds is 6. The molecule has 0 saturated heterocycles. The van der Waals surface area contributed by atoms with Crippen LogP contribution in [0.2, 0.25) is 0 Å². The van der Waals surface area contributed by atoms with Gasteiger partial charge in [0.25, 0.3) is 0 Å². The quantitative estimate of drug-likeness (QED) is 0.743. The summed E-state index contributed by atoms with van der Waals surface area (Å²) in [7, 11) is 0. The molecule has 1 unspecified atom stereocenters. The molecule has 5 nitrogen and oxygen atoms in total. The van der Waals surface area contributed by atoms with Gasteiger partial charge in [-0.3, -0.25) is 10.1 Å². The Morgan fingerprint density at radius 2 is 2.11 bits per heavy atom. The highest BCUT2D eigenvalue weighted by molar-refractivity contribution is 7.10. The molecule has 0 aliphatic carbocycles. The van der Waals surface area contributed by atoms with Crippen molar-refractivity contribution < 1.29 is 9.59 Å². The maximum absolute atomic E-state index is 11.7. The molecule has 6 heteroatoms. The van der Waals surface area contributed by atoms with Crippen molar-refractivity contribution in [2.75, 3.05) is 6.54 Å². The zero-order valence-electron chi connectivity index (χ0n) is 11.6. The van der Waals surface area contributed by atoms with E-state index < -0.39 is 12.1 Å². The third kappa shape index (κ3) is 5.00. The lowest BCUT2D eigenvalue weighted by atomic mass is 10.2. The first-order valence-electron chi connectivity index (χ1n) is 6.45. The molecule has 0 aromatic carbocycles. The highest BCUT2D eigenvalue weighted by atomic mass is 32.1. The van der Waals surface area contributed by atoms with E-state index in [2.05, 4.69) is 34.3 Å². The number of carbonyl (C=O) groups is 2. The number of hydrogen-bond donors (Lipinski definition) is 3. The van der Waals surface area contributed by atoms with E-state index in [1.165, 1.54) is 10.4 Å². The van der Waals surface area contributed by atoms with Crippen molar-refractivity contribution in [1.29, 1.82) is 0 Å². The number of hydrogen-bond acceptors (Lipinski definition) is 4. The maximum atomic E-state index is 11.7. The average Bonchev–Trinajstić information content (AvgIpc) is 2.83. The third-order valence-electron chi connectivity index (χ3n) is 2.75. The SMILES string of the molecule is CCNC(=O)NC(=O)C(C)NCc1sccc1CC. The number of thiophene rings is 1. The number of amides is 3. The lowest BCUT2D eigenvalue weighted by Crippen LogP contribution is -2.47. The molecular weight excluding hydrogens is 262 g/mol. The Morgan fingerprint density at radius 1 is 1.37 bits per heavy atom. The number of aryl methyl sites for hydroxylation is 1. The van der Waals surface area contributed by atoms with Crippen LogP contribution in [-0.4, -0.2) is 24.5 Å². The lowest BCUT2D eigenvalue weighted by Gasteiger charge is -2.13. The Morgan fingerprint density at radius 3 is 2.74 bits per heavy atom. The second-order valence-electron chi connectivity index (χ2n) is 4.17. The van der Waals surface area contributed by atoms with Crippen molar-refractivity contribution in [3.05, 3.63) is 21.9 Å². The van der Waals surface area contributed by atoms with Gasteiger partial charge in [0, 0.05) is 18.0 Å². The van der Waals surface area contributed by atoms with Gasteiger partial charge in [-0.15, -0.1) is 11.3 Å². The Balaban J connectivity index is 2.40. The van der Waals surface area contributed by atoms with Crippen LogP contribution >= 0.6 is 11.3 Å². The summed E-state index contributed by atoms with van der Waals surface area (Å²) in [5, 5.41) is 9.99. The summed E-state index contributed by atoms with van der Waals surface area (Å²) >= 11 is 1.68. The predicted molar refractivity (Wildman–Crippen MR) is 77.2 cm³/mol. The minimum atomic E-state index is -0.452. The fourth-order valence-electron chi connectivity index (χ4n) is 1.60. The number of urea groups is 1. The summed E-state index contributed by atoms with van der Waals surface area (Å²) in [6, 6.07) is 1.24. The normalized spacial score (nSPS) is 11.9. The van der Waals surface area contributed by atoms with Crippen LogP contribution in [0.25, 0.3) is 0 Å². The molecular formula is C13H21N3O2S. The summed E-state index contributed by atoms with van der Waals surface area (Å²) in [6.45, 7) is 6.79. The molecule has 0 spiro atoms. The Kier molecular flexibility index (Phi) is 6.52. The Bertz CT molecular complexity index is 431. The smallest absolute Gasteiger partial charge is 0.321 e. The third-order valence-corrected chi connectivity index (χ3v) is 3.72. The van der Waals surface area contributed by atoms with Gasteiger partial charge in [0.05, 0.1) is 6.04 Å². The Hall–Kier alpha value is -1.40. The van der Waals surface area contributed by atoms with Gasteiger partial charge in [0.1, 0.15) is 0 Å². The maximum Gasteiger partial charge on any atom is 0.321 e. The fraction of sp³-hybridized carbons (Fsp3) is 0.538. The molecule has 19 heavy (non-hydrogen) atoms. The van der Waals surface area contributed by atoms with Crippen molar-refractivity contribution in [3.8, 4) is 0 Å². The molecule has 0 aliphatic rings. The van der Waals surface area contributed by atoms with Crippen molar-refractivity contribution in [3.63, 3.8) is 0 Å². The van der Waals surface area contributed by atoms with E-state index in [0.29, 0.717) is 13.1 Å². The molecule has 0 bridgehead atoms. The molecule has 1 atom stereocenters. The summed E-state index contributed by atoms with van der Waals surface area (Å²) in [5.41, 5.74) is 1.30. The van der Waals surface area contributed by atoms with Gasteiger partial charge in [-0.1, -0.05) is 6.92 Å². The van der Waals surface area contributed by atoms with E-state index in [4.69, 9.17) is 0 Å². The summed E-state index contributed by atoms with van der Waals surface area (Å²) in [6.07, 6.45) is 0.986. The number of imide groups is 1. The first-order valence-corrected chi connectivity index (χ1v) is 7.33. The van der Waals surface area contributed by atoms with Crippen LogP contribution in [0.15, 0.2) is 11.4 Å². The average molecular weight is 283 g/mol. The van der Waals surface area contributed by atoms with Gasteiger partial charge >= 0.3 is 6.03 Å². The van der Waals surface area contributed by atoms with Crippen LogP contribution < -0.4 is 16.0 Å². The van der Waals surface area contributed by atoms with Crippen molar-refractivity contribution in [1.82, 2.24) is 16.0 Å². The van der Waals surface area contributed by atoms with Crippen LogP contribution in [0.1, 0.15) is 31.2 Å². The molecule has 0 fully saturated rings. The first-order chi connectivity index (χ1) is 9.08. The predicted octanol–water partition coefficient (Wildman–Crippen LogP) is 1.63. The van der Waals surface area contributed by atoms with Gasteiger partial charge in [-0.05, 0) is 37.3 Å². The monoisotopic (exact) mass is 283 g/mol. The van der Waals surface area contributed by atoms with Gasteiger partial charge in [0.2, 0.25) is 5.91 Å². The molecule has 3 N–H and O–H groups in total. The van der Waals surface area contributed by atoms with Crippen LogP contribution in [0.3, 0.4) is 0 Å². The summed E-state index contributed by atoms with van der Waals surface area (Å²) in [4.78, 5) is 24.2. The van der Waals surface area contributed by atoms with Crippen molar-refractivity contribution in [2.24, 2.45) is 0 Å². The van der Waals surface area contributed by atoms with Gasteiger partial charge in [-0.25, -0.2) is 4.79 Å².